The van der Waals surface area contributed by atoms with E-state index >= 15 is 0 Å². The third-order valence-electron chi connectivity index (χ3n) is 6.13. The number of halogens is 1. The van der Waals surface area contributed by atoms with Crippen molar-refractivity contribution in [1.82, 2.24) is 10.2 Å². The molecule has 1 N–H and O–H groups in total. The lowest BCUT2D eigenvalue weighted by Gasteiger charge is -2.33. The van der Waals surface area contributed by atoms with Crippen LogP contribution in [0.15, 0.2) is 77.7 Å². The molecule has 7 nitrogen and oxygen atoms in total. The molecule has 0 aromatic heterocycles. The van der Waals surface area contributed by atoms with Crippen LogP contribution in [0.5, 0.6) is 0 Å². The van der Waals surface area contributed by atoms with Gasteiger partial charge in [-0.25, -0.2) is 8.42 Å². The second-order valence-corrected chi connectivity index (χ2v) is 11.8. The summed E-state index contributed by atoms with van der Waals surface area (Å²) in [6.07, 6.45) is 0. The molecular weight excluding hydrogens is 522 g/mol. The fourth-order valence-electron chi connectivity index (χ4n) is 4.12. The lowest BCUT2D eigenvalue weighted by atomic mass is 10.1. The van der Waals surface area contributed by atoms with Crippen LogP contribution in [-0.2, 0) is 26.2 Å². The van der Waals surface area contributed by atoms with Gasteiger partial charge in [0.15, 0.2) is 0 Å². The van der Waals surface area contributed by atoms with E-state index in [1.165, 1.54) is 17.0 Å². The minimum absolute atomic E-state index is 0.0390. The molecule has 0 spiro atoms. The van der Waals surface area contributed by atoms with Gasteiger partial charge in [0.25, 0.3) is 10.0 Å². The van der Waals surface area contributed by atoms with Crippen LogP contribution in [0.2, 0.25) is 5.02 Å². The molecule has 9 heteroatoms. The summed E-state index contributed by atoms with van der Waals surface area (Å²) in [5.41, 5.74) is 2.72. The topological polar surface area (TPSA) is 86.8 Å². The number of aryl methyl sites for hydroxylation is 2. The number of carbonyl (C=O) groups excluding carboxylic acids is 2. The van der Waals surface area contributed by atoms with Crippen molar-refractivity contribution in [2.45, 2.75) is 58.1 Å². The molecule has 202 valence electrons. The van der Waals surface area contributed by atoms with Crippen molar-refractivity contribution in [3.63, 3.8) is 0 Å². The maximum atomic E-state index is 13.9. The van der Waals surface area contributed by atoms with Crippen molar-refractivity contribution >= 4 is 39.1 Å². The first-order valence-corrected chi connectivity index (χ1v) is 14.2. The number of sulfonamides is 1. The van der Waals surface area contributed by atoms with E-state index < -0.39 is 28.5 Å². The van der Waals surface area contributed by atoms with E-state index in [2.05, 4.69) is 5.32 Å². The van der Waals surface area contributed by atoms with Gasteiger partial charge in [-0.1, -0.05) is 65.7 Å². The quantitative estimate of drug-likeness (QED) is 0.377. The Morgan fingerprint density at radius 1 is 0.921 bits per heavy atom. The molecular formula is C29H34ClN3O4S. The number of hydrogen-bond acceptors (Lipinski definition) is 4. The summed E-state index contributed by atoms with van der Waals surface area (Å²) in [5, 5.41) is 3.29. The van der Waals surface area contributed by atoms with Crippen molar-refractivity contribution in [1.29, 1.82) is 0 Å². The normalized spacial score (nSPS) is 12.2. The summed E-state index contributed by atoms with van der Waals surface area (Å²) in [5.74, 6) is -0.875. The highest BCUT2D eigenvalue weighted by Gasteiger charge is 2.33. The summed E-state index contributed by atoms with van der Waals surface area (Å²) in [6, 6.07) is 19.4. The number of carbonyl (C=O) groups is 2. The third-order valence-corrected chi connectivity index (χ3v) is 8.27. The molecule has 3 aromatic rings. The fraction of sp³-hybridized carbons (Fsp3) is 0.310. The molecule has 0 radical (unpaired) electrons. The van der Waals surface area contributed by atoms with Gasteiger partial charge in [0.2, 0.25) is 11.8 Å². The zero-order valence-electron chi connectivity index (χ0n) is 22.3. The first-order valence-electron chi connectivity index (χ1n) is 12.4. The van der Waals surface area contributed by atoms with Crippen molar-refractivity contribution in [2.24, 2.45) is 0 Å². The Hall–Kier alpha value is -3.36. The van der Waals surface area contributed by atoms with E-state index in [1.54, 1.807) is 68.4 Å². The molecule has 1 unspecified atom stereocenters. The first kappa shape index (κ1) is 29.2. The van der Waals surface area contributed by atoms with E-state index in [0.717, 1.165) is 9.87 Å². The highest BCUT2D eigenvalue weighted by Crippen LogP contribution is 2.28. The number of hydrogen-bond donors (Lipinski definition) is 1. The molecule has 0 saturated heterocycles. The van der Waals surface area contributed by atoms with Crippen LogP contribution in [-0.4, -0.2) is 43.8 Å². The Balaban J connectivity index is 2.07. The molecule has 38 heavy (non-hydrogen) atoms. The standard InChI is InChI=1S/C29H34ClN3O4S/c1-20(2)31-29(35)23(5)32(18-24-11-9-10-14-26(24)30)28(34)19-33(27-16-15-21(3)17-22(27)4)38(36,37)25-12-7-6-8-13-25/h6-17,20,23H,18-19H2,1-5H3,(H,31,35). The largest absolute Gasteiger partial charge is 0.352 e. The summed E-state index contributed by atoms with van der Waals surface area (Å²) < 4.78 is 28.8. The van der Waals surface area contributed by atoms with E-state index in [0.29, 0.717) is 21.8 Å². The zero-order valence-corrected chi connectivity index (χ0v) is 23.9. The molecule has 0 heterocycles. The SMILES string of the molecule is Cc1ccc(N(CC(=O)N(Cc2ccccc2Cl)C(C)C(=O)NC(C)C)S(=O)(=O)c2ccccc2)c(C)c1. The predicted molar refractivity (Wildman–Crippen MR) is 152 cm³/mol. The number of rotatable bonds is 10. The molecule has 1 atom stereocenters. The number of amides is 2. The van der Waals surface area contributed by atoms with Crippen LogP contribution in [0.4, 0.5) is 5.69 Å². The lowest BCUT2D eigenvalue weighted by molar-refractivity contribution is -0.139. The van der Waals surface area contributed by atoms with E-state index in [1.807, 2.05) is 26.8 Å². The van der Waals surface area contributed by atoms with Gasteiger partial charge in [0.1, 0.15) is 12.6 Å². The predicted octanol–water partition coefficient (Wildman–Crippen LogP) is 5.09. The van der Waals surface area contributed by atoms with Gasteiger partial charge >= 0.3 is 0 Å². The molecule has 2 amide bonds. The smallest absolute Gasteiger partial charge is 0.264 e. The molecule has 0 bridgehead atoms. The van der Waals surface area contributed by atoms with Crippen molar-refractivity contribution in [3.8, 4) is 0 Å². The zero-order chi connectivity index (χ0) is 28.0. The molecule has 3 aromatic carbocycles. The van der Waals surface area contributed by atoms with Crippen LogP contribution < -0.4 is 9.62 Å². The van der Waals surface area contributed by atoms with E-state index in [-0.39, 0.29) is 23.4 Å². The van der Waals surface area contributed by atoms with Gasteiger partial charge in [-0.15, -0.1) is 0 Å². The number of anilines is 1. The second kappa shape index (κ2) is 12.5. The average molecular weight is 556 g/mol. The van der Waals surface area contributed by atoms with Crippen molar-refractivity contribution in [3.05, 3.63) is 94.5 Å². The Morgan fingerprint density at radius 3 is 2.16 bits per heavy atom. The Kier molecular flexibility index (Phi) is 9.57. The van der Waals surface area contributed by atoms with Crippen LogP contribution in [0.3, 0.4) is 0 Å². The lowest BCUT2D eigenvalue weighted by Crippen LogP contribution is -2.52. The third kappa shape index (κ3) is 6.94. The highest BCUT2D eigenvalue weighted by molar-refractivity contribution is 7.92. The van der Waals surface area contributed by atoms with Crippen LogP contribution >= 0.6 is 11.6 Å². The minimum atomic E-state index is -4.10. The maximum absolute atomic E-state index is 13.9. The fourth-order valence-corrected chi connectivity index (χ4v) is 5.81. The Bertz CT molecular complexity index is 1390. The summed E-state index contributed by atoms with van der Waals surface area (Å²) in [7, 11) is -4.10. The minimum Gasteiger partial charge on any atom is -0.352 e. The summed E-state index contributed by atoms with van der Waals surface area (Å²) in [4.78, 5) is 28.3. The second-order valence-electron chi connectivity index (χ2n) is 9.57. The van der Waals surface area contributed by atoms with Gasteiger partial charge in [-0.05, 0) is 70.0 Å². The summed E-state index contributed by atoms with van der Waals surface area (Å²) >= 11 is 6.39. The first-order chi connectivity index (χ1) is 17.9. The molecule has 0 aliphatic heterocycles. The molecule has 0 aliphatic carbocycles. The highest BCUT2D eigenvalue weighted by atomic mass is 35.5. The van der Waals surface area contributed by atoms with E-state index in [4.69, 9.17) is 11.6 Å². The number of nitrogens with zero attached hydrogens (tertiary/aromatic N) is 2. The van der Waals surface area contributed by atoms with Gasteiger partial charge in [0.05, 0.1) is 10.6 Å². The van der Waals surface area contributed by atoms with Crippen LogP contribution in [0.1, 0.15) is 37.5 Å². The van der Waals surface area contributed by atoms with Gasteiger partial charge in [-0.2, -0.15) is 0 Å². The number of nitrogens with one attached hydrogen (secondary N) is 1. The Labute approximate surface area is 230 Å². The van der Waals surface area contributed by atoms with Gasteiger partial charge in [-0.3, -0.25) is 13.9 Å². The van der Waals surface area contributed by atoms with Crippen molar-refractivity contribution in [2.75, 3.05) is 10.8 Å². The number of benzene rings is 3. The summed E-state index contributed by atoms with van der Waals surface area (Å²) in [6.45, 7) is 8.55. The van der Waals surface area contributed by atoms with Gasteiger partial charge < -0.3 is 10.2 Å². The van der Waals surface area contributed by atoms with E-state index in [9.17, 15) is 18.0 Å². The molecule has 0 saturated carbocycles. The van der Waals surface area contributed by atoms with Crippen LogP contribution in [0, 0.1) is 13.8 Å². The Morgan fingerprint density at radius 2 is 1.55 bits per heavy atom. The molecule has 0 aliphatic rings. The monoisotopic (exact) mass is 555 g/mol. The maximum Gasteiger partial charge on any atom is 0.264 e. The van der Waals surface area contributed by atoms with Crippen molar-refractivity contribution < 1.29 is 18.0 Å². The molecule has 0 fully saturated rings. The molecule has 3 rings (SSSR count). The average Bonchev–Trinajstić information content (AvgIpc) is 2.86. The van der Waals surface area contributed by atoms with Gasteiger partial charge in [0, 0.05) is 17.6 Å². The van der Waals surface area contributed by atoms with Crippen LogP contribution in [0.25, 0.3) is 0 Å².